The number of aromatic nitrogens is 1. The predicted molar refractivity (Wildman–Crippen MR) is 139 cm³/mol. The molecule has 6 aliphatic rings. The summed E-state index contributed by atoms with van der Waals surface area (Å²) in [6.07, 6.45) is -3.19. The molecule has 0 amide bonds. The zero-order chi connectivity index (χ0) is 31.1. The monoisotopic (exact) mass is 593 g/mol. The van der Waals surface area contributed by atoms with E-state index in [0.717, 1.165) is 0 Å². The van der Waals surface area contributed by atoms with Gasteiger partial charge in [-0.3, -0.25) is 9.59 Å². The molecule has 232 valence electrons. The molecule has 11 atom stereocenters. The summed E-state index contributed by atoms with van der Waals surface area (Å²) < 4.78 is 18.1. The van der Waals surface area contributed by atoms with E-state index in [1.54, 1.807) is 26.8 Å². The van der Waals surface area contributed by atoms with Crippen molar-refractivity contribution in [3.05, 3.63) is 24.0 Å². The lowest BCUT2D eigenvalue weighted by Gasteiger charge is -2.61. The number of carbonyl (C=O) groups is 3. The minimum atomic E-state index is -2.75. The van der Waals surface area contributed by atoms with E-state index in [4.69, 9.17) is 19.3 Å². The number of aliphatic carboxylic acids is 1. The van der Waals surface area contributed by atoms with E-state index in [0.29, 0.717) is 0 Å². The summed E-state index contributed by atoms with van der Waals surface area (Å²) in [5.41, 5.74) is -16.4. The summed E-state index contributed by atoms with van der Waals surface area (Å²) in [6, 6.07) is 2.99. The van der Waals surface area contributed by atoms with Gasteiger partial charge in [-0.15, -0.1) is 0 Å². The normalized spacial score (nSPS) is 51.5. The maximum atomic E-state index is 13.4. The third kappa shape index (κ3) is 2.56. The quantitative estimate of drug-likeness (QED) is 0.212. The number of hydrogen-bond donors (Lipinski definition) is 7. The largest absolute Gasteiger partial charge is 0.481 e. The molecule has 2 saturated heterocycles. The van der Waals surface area contributed by atoms with Crippen molar-refractivity contribution in [2.24, 2.45) is 22.7 Å². The van der Waals surface area contributed by atoms with Gasteiger partial charge < -0.3 is 49.8 Å². The van der Waals surface area contributed by atoms with Gasteiger partial charge in [0.25, 0.3) is 0 Å². The Bertz CT molecular complexity index is 1370. The Morgan fingerprint density at radius 3 is 2.33 bits per heavy atom. The molecule has 4 aliphatic carbocycles. The molecule has 1 spiro atoms. The van der Waals surface area contributed by atoms with Gasteiger partial charge in [0.05, 0.1) is 18.3 Å². The number of aliphatic hydroxyl groups is 5. The minimum absolute atomic E-state index is 0.00840. The second-order valence-electron chi connectivity index (χ2n) is 13.8. The highest BCUT2D eigenvalue weighted by Gasteiger charge is 3.10. The number of nitrogens with one attached hydrogen (secondary N) is 1. The van der Waals surface area contributed by atoms with Crippen molar-refractivity contribution in [2.75, 3.05) is 0 Å². The SMILES string of the molecule is CC1CCC2(O)C3(OC4(O)C[C@]2(C)C2(O)[C@H](OC(=O)c5ccc[nH]5)C(O)(C(C)C)C4(C)C32O)[C@@H]1OC(=O)CCC(=O)O. The smallest absolute Gasteiger partial charge is 0.355 e. The maximum absolute atomic E-state index is 13.4. The Morgan fingerprint density at radius 2 is 1.76 bits per heavy atom. The second kappa shape index (κ2) is 8.13. The molecule has 1 aromatic rings. The van der Waals surface area contributed by atoms with Gasteiger partial charge in [0.1, 0.15) is 34.2 Å². The van der Waals surface area contributed by atoms with Gasteiger partial charge in [0, 0.05) is 18.0 Å². The summed E-state index contributed by atoms with van der Waals surface area (Å²) in [6.45, 7) is 7.65. The van der Waals surface area contributed by atoms with E-state index in [1.165, 1.54) is 26.1 Å². The predicted octanol–water partition coefficient (Wildman–Crippen LogP) is 0.228. The van der Waals surface area contributed by atoms with Crippen LogP contribution in [0.15, 0.2) is 18.3 Å². The second-order valence-corrected chi connectivity index (χ2v) is 13.8. The summed E-state index contributed by atoms with van der Waals surface area (Å²) in [4.78, 5) is 40.2. The van der Waals surface area contributed by atoms with E-state index in [1.807, 2.05) is 0 Å². The van der Waals surface area contributed by atoms with Crippen LogP contribution >= 0.6 is 0 Å². The van der Waals surface area contributed by atoms with Gasteiger partial charge in [0.15, 0.2) is 17.5 Å². The fourth-order valence-corrected chi connectivity index (χ4v) is 10.1. The van der Waals surface area contributed by atoms with Crippen LogP contribution in [-0.2, 0) is 23.8 Å². The molecule has 2 aliphatic heterocycles. The number of hydrogen-bond acceptors (Lipinski definition) is 11. The van der Waals surface area contributed by atoms with Gasteiger partial charge in [-0.25, -0.2) is 4.79 Å². The Kier molecular flexibility index (Phi) is 5.71. The van der Waals surface area contributed by atoms with Gasteiger partial charge in [-0.1, -0.05) is 27.7 Å². The number of esters is 2. The van der Waals surface area contributed by atoms with Crippen molar-refractivity contribution in [2.45, 2.75) is 113 Å². The molecule has 3 heterocycles. The number of ether oxygens (including phenoxy) is 3. The molecule has 4 saturated carbocycles. The number of H-pyrrole nitrogens is 1. The molecule has 7 N–H and O–H groups in total. The number of rotatable bonds is 7. The Hall–Kier alpha value is -2.55. The lowest BCUT2D eigenvalue weighted by Crippen LogP contribution is -2.75. The van der Waals surface area contributed by atoms with Gasteiger partial charge in [-0.2, -0.15) is 0 Å². The standard InChI is InChI=1S/C29H39NO12/c1-14(2)26(37)21(41-20(34)16-7-6-12-30-16)27(38)22(4)13-25(36)23(26,5)29(27,39)28(42-25)19(15(3)10-11-24(22,28)35)40-18(33)9-8-17(31)32/h6-7,12,14-15,19,21,30,35-39H,8-11,13H2,1-5H3,(H,31,32)/t15?,19-,21-,22+,23?,24?,25?,26?,27?,28?,29?/m1/s1. The van der Waals surface area contributed by atoms with Crippen LogP contribution < -0.4 is 0 Å². The first-order valence-electron chi connectivity index (χ1n) is 14.4. The van der Waals surface area contributed by atoms with Gasteiger partial charge >= 0.3 is 17.9 Å². The molecule has 8 unspecified atom stereocenters. The summed E-state index contributed by atoms with van der Waals surface area (Å²) in [5, 5.41) is 73.1. The highest BCUT2D eigenvalue weighted by molar-refractivity contribution is 5.87. The van der Waals surface area contributed by atoms with Crippen LogP contribution in [-0.4, -0.2) is 99.5 Å². The molecule has 0 radical (unpaired) electrons. The highest BCUT2D eigenvalue weighted by Crippen LogP contribution is 2.90. The van der Waals surface area contributed by atoms with Crippen LogP contribution in [0.3, 0.4) is 0 Å². The first-order chi connectivity index (χ1) is 19.3. The minimum Gasteiger partial charge on any atom is -0.481 e. The van der Waals surface area contributed by atoms with E-state index in [2.05, 4.69) is 4.98 Å². The van der Waals surface area contributed by atoms with Crippen molar-refractivity contribution in [3.63, 3.8) is 0 Å². The Labute approximate surface area is 241 Å². The van der Waals surface area contributed by atoms with Gasteiger partial charge in [0.2, 0.25) is 0 Å². The fraction of sp³-hybridized carbons (Fsp3) is 0.759. The summed E-state index contributed by atoms with van der Waals surface area (Å²) >= 11 is 0. The topological polar surface area (TPSA) is 216 Å². The molecule has 0 aromatic carbocycles. The molecule has 13 heteroatoms. The number of carboxylic acid groups (broad SMARTS) is 1. The number of carboxylic acids is 1. The Balaban J connectivity index is 1.61. The van der Waals surface area contributed by atoms with Crippen LogP contribution in [0.4, 0.5) is 0 Å². The van der Waals surface area contributed by atoms with E-state index in [9.17, 15) is 39.9 Å². The van der Waals surface area contributed by atoms with Crippen molar-refractivity contribution in [3.8, 4) is 0 Å². The molecular weight excluding hydrogens is 554 g/mol. The zero-order valence-corrected chi connectivity index (χ0v) is 24.2. The van der Waals surface area contributed by atoms with Crippen molar-refractivity contribution >= 4 is 17.9 Å². The average Bonchev–Trinajstić information content (AvgIpc) is 3.53. The highest BCUT2D eigenvalue weighted by atomic mass is 16.7. The van der Waals surface area contributed by atoms with E-state index >= 15 is 0 Å². The molecule has 1 aromatic heterocycles. The summed E-state index contributed by atoms with van der Waals surface area (Å²) in [5.74, 6) is -6.98. The lowest BCUT2D eigenvalue weighted by atomic mass is 9.52. The van der Waals surface area contributed by atoms with Crippen LogP contribution in [0.1, 0.15) is 77.2 Å². The molecule has 6 fully saturated rings. The lowest BCUT2D eigenvalue weighted by molar-refractivity contribution is -0.390. The van der Waals surface area contributed by atoms with E-state index < -0.39 is 106 Å². The van der Waals surface area contributed by atoms with Crippen LogP contribution in [0.25, 0.3) is 0 Å². The average molecular weight is 594 g/mol. The third-order valence-electron chi connectivity index (χ3n) is 12.1. The summed E-state index contributed by atoms with van der Waals surface area (Å²) in [7, 11) is 0. The van der Waals surface area contributed by atoms with Crippen molar-refractivity contribution < 1.29 is 59.2 Å². The molecule has 7 rings (SSSR count). The molecule has 6 bridgehead atoms. The van der Waals surface area contributed by atoms with E-state index in [-0.39, 0.29) is 18.5 Å². The first kappa shape index (κ1) is 29.5. The maximum Gasteiger partial charge on any atom is 0.355 e. The fourth-order valence-electron chi connectivity index (χ4n) is 10.1. The molecule has 42 heavy (non-hydrogen) atoms. The van der Waals surface area contributed by atoms with Crippen molar-refractivity contribution in [1.82, 2.24) is 4.98 Å². The first-order valence-corrected chi connectivity index (χ1v) is 14.4. The van der Waals surface area contributed by atoms with Crippen LogP contribution in [0, 0.1) is 22.7 Å². The molecular formula is C29H39NO12. The molecule has 13 nitrogen and oxygen atoms in total. The third-order valence-corrected chi connectivity index (χ3v) is 12.1. The van der Waals surface area contributed by atoms with Crippen molar-refractivity contribution in [1.29, 1.82) is 0 Å². The zero-order valence-electron chi connectivity index (χ0n) is 24.2. The Morgan fingerprint density at radius 1 is 1.10 bits per heavy atom. The van der Waals surface area contributed by atoms with Gasteiger partial charge in [-0.05, 0) is 43.7 Å². The number of aromatic amines is 1. The van der Waals surface area contributed by atoms with Crippen LogP contribution in [0.2, 0.25) is 0 Å². The van der Waals surface area contributed by atoms with Crippen LogP contribution in [0.5, 0.6) is 0 Å². The number of carbonyl (C=O) groups excluding carboxylic acids is 2.